The Labute approximate surface area is 136 Å². The van der Waals surface area contributed by atoms with E-state index in [4.69, 9.17) is 4.42 Å². The van der Waals surface area contributed by atoms with E-state index < -0.39 is 16.6 Å². The van der Waals surface area contributed by atoms with Gasteiger partial charge < -0.3 is 4.42 Å². The van der Waals surface area contributed by atoms with Crippen LogP contribution in [0.3, 0.4) is 0 Å². The van der Waals surface area contributed by atoms with Crippen molar-refractivity contribution >= 4 is 22.6 Å². The van der Waals surface area contributed by atoms with Crippen molar-refractivity contribution in [2.75, 3.05) is 0 Å². The van der Waals surface area contributed by atoms with E-state index in [-0.39, 0.29) is 17.1 Å². The van der Waals surface area contributed by atoms with Gasteiger partial charge in [0.05, 0.1) is 11.0 Å². The molecule has 3 rings (SSSR count). The van der Waals surface area contributed by atoms with Crippen LogP contribution in [0.1, 0.15) is 27.7 Å². The lowest BCUT2D eigenvalue weighted by atomic mass is 9.95. The first kappa shape index (κ1) is 15.4. The topological polar surface area (TPSA) is 110 Å². The number of aryl methyl sites for hydroxylation is 1. The number of benzene rings is 2. The van der Waals surface area contributed by atoms with Gasteiger partial charge in [0.25, 0.3) is 5.69 Å². The third-order valence-corrected chi connectivity index (χ3v) is 3.63. The summed E-state index contributed by atoms with van der Waals surface area (Å²) in [5.74, 6) is -1.70. The van der Waals surface area contributed by atoms with Crippen LogP contribution in [0.15, 0.2) is 46.9 Å². The van der Waals surface area contributed by atoms with Crippen molar-refractivity contribution in [2.24, 2.45) is 0 Å². The van der Waals surface area contributed by atoms with Crippen molar-refractivity contribution in [3.8, 4) is 6.07 Å². The average Bonchev–Trinajstić information content (AvgIpc) is 2.98. The Bertz CT molecular complexity index is 967. The zero-order chi connectivity index (χ0) is 17.3. The van der Waals surface area contributed by atoms with Gasteiger partial charge in [-0.1, -0.05) is 12.1 Å². The fourth-order valence-corrected chi connectivity index (χ4v) is 2.43. The lowest BCUT2D eigenvalue weighted by Crippen LogP contribution is -2.13. The number of Topliss-reactive ketones (excluding diaryl/α,β-unsaturated/α-hetero) is 1. The number of non-ortho nitro benzene ring substituents is 1. The minimum atomic E-state index is -1.21. The van der Waals surface area contributed by atoms with Crippen LogP contribution in [0.25, 0.3) is 11.1 Å². The number of carbonyl (C=O) groups excluding carboxylic acids is 1. The highest BCUT2D eigenvalue weighted by Crippen LogP contribution is 2.26. The molecule has 0 spiro atoms. The predicted molar refractivity (Wildman–Crippen MR) is 84.5 cm³/mol. The fraction of sp³-hybridized carbons (Fsp3) is 0.118. The first-order valence-electron chi connectivity index (χ1n) is 7.05. The molecule has 3 aromatic rings. The van der Waals surface area contributed by atoms with Crippen LogP contribution in [0, 0.1) is 28.4 Å². The molecule has 2 aromatic carbocycles. The third kappa shape index (κ3) is 2.61. The van der Waals surface area contributed by atoms with E-state index in [2.05, 4.69) is 4.98 Å². The summed E-state index contributed by atoms with van der Waals surface area (Å²) < 4.78 is 5.50. The molecule has 0 radical (unpaired) electrons. The second-order valence-corrected chi connectivity index (χ2v) is 5.20. The summed E-state index contributed by atoms with van der Waals surface area (Å²) in [5.41, 5.74) is 1.58. The lowest BCUT2D eigenvalue weighted by molar-refractivity contribution is -0.384. The number of aromatic nitrogens is 1. The van der Waals surface area contributed by atoms with E-state index in [9.17, 15) is 20.2 Å². The van der Waals surface area contributed by atoms with Gasteiger partial charge >= 0.3 is 0 Å². The van der Waals surface area contributed by atoms with Crippen LogP contribution in [0.5, 0.6) is 0 Å². The molecule has 1 aromatic heterocycles. The molecule has 0 fully saturated rings. The molecule has 0 unspecified atom stereocenters. The van der Waals surface area contributed by atoms with Gasteiger partial charge in [0.2, 0.25) is 5.89 Å². The van der Waals surface area contributed by atoms with E-state index >= 15 is 0 Å². The second-order valence-electron chi connectivity index (χ2n) is 5.20. The summed E-state index contributed by atoms with van der Waals surface area (Å²) in [6, 6.07) is 12.7. The van der Waals surface area contributed by atoms with Gasteiger partial charge in [0.1, 0.15) is 5.52 Å². The Morgan fingerprint density at radius 1 is 1.33 bits per heavy atom. The number of oxazole rings is 1. The number of ketones is 1. The molecule has 0 aliphatic rings. The first-order valence-corrected chi connectivity index (χ1v) is 7.05. The largest absolute Gasteiger partial charge is 0.439 e. The molecular formula is C17H11N3O4. The smallest absolute Gasteiger partial charge is 0.269 e. The summed E-state index contributed by atoms with van der Waals surface area (Å²) >= 11 is 0. The molecule has 1 heterocycles. The van der Waals surface area contributed by atoms with Crippen LogP contribution < -0.4 is 0 Å². The Balaban J connectivity index is 2.00. The number of hydrogen-bond donors (Lipinski definition) is 0. The number of nitrogens with zero attached hydrogens (tertiary/aromatic N) is 3. The standard InChI is InChI=1S/C17H11N3O4/c1-10-8-11(20(22)23)6-7-12(10)16(21)13(9-18)17-19-14-4-2-3-5-15(14)24-17/h2-8,13H,1H3/t13-/m1/s1. The van der Waals surface area contributed by atoms with Crippen molar-refractivity contribution in [1.82, 2.24) is 4.98 Å². The first-order chi connectivity index (χ1) is 11.5. The molecule has 0 aliphatic heterocycles. The monoisotopic (exact) mass is 321 g/mol. The lowest BCUT2D eigenvalue weighted by Gasteiger charge is -2.07. The zero-order valence-electron chi connectivity index (χ0n) is 12.6. The molecule has 0 amide bonds. The molecule has 0 N–H and O–H groups in total. The maximum Gasteiger partial charge on any atom is 0.269 e. The number of carbonyl (C=O) groups is 1. The third-order valence-electron chi connectivity index (χ3n) is 3.63. The highest BCUT2D eigenvalue weighted by Gasteiger charge is 2.28. The summed E-state index contributed by atoms with van der Waals surface area (Å²) in [4.78, 5) is 27.1. The summed E-state index contributed by atoms with van der Waals surface area (Å²) in [5, 5.41) is 20.2. The maximum absolute atomic E-state index is 12.7. The number of fused-ring (bicyclic) bond motifs is 1. The summed E-state index contributed by atoms with van der Waals surface area (Å²) in [7, 11) is 0. The van der Waals surface area contributed by atoms with Gasteiger partial charge in [-0.3, -0.25) is 14.9 Å². The molecule has 0 saturated heterocycles. The van der Waals surface area contributed by atoms with Gasteiger partial charge in [-0.2, -0.15) is 5.26 Å². The average molecular weight is 321 g/mol. The minimum absolute atomic E-state index is 0.0152. The highest BCUT2D eigenvalue weighted by molar-refractivity contribution is 6.03. The Morgan fingerprint density at radius 2 is 2.08 bits per heavy atom. The van der Waals surface area contributed by atoms with Gasteiger partial charge in [0, 0.05) is 17.7 Å². The van der Waals surface area contributed by atoms with Crippen molar-refractivity contribution < 1.29 is 14.1 Å². The van der Waals surface area contributed by atoms with E-state index in [0.29, 0.717) is 16.7 Å². The quantitative estimate of drug-likeness (QED) is 0.413. The molecule has 0 bridgehead atoms. The van der Waals surface area contributed by atoms with Gasteiger partial charge in [-0.25, -0.2) is 4.98 Å². The van der Waals surface area contributed by atoms with E-state index in [1.165, 1.54) is 18.2 Å². The SMILES string of the molecule is Cc1cc([N+](=O)[O-])ccc1C(=O)[C@@H](C#N)c1nc2ccccc2o1. The number of rotatable bonds is 4. The molecule has 0 saturated carbocycles. The van der Waals surface area contributed by atoms with E-state index in [1.807, 2.05) is 6.07 Å². The van der Waals surface area contributed by atoms with Crippen LogP contribution in [-0.4, -0.2) is 15.7 Å². The van der Waals surface area contributed by atoms with Crippen molar-refractivity contribution in [1.29, 1.82) is 5.26 Å². The zero-order valence-corrected chi connectivity index (χ0v) is 12.6. The summed E-state index contributed by atoms with van der Waals surface area (Å²) in [6.45, 7) is 1.58. The van der Waals surface area contributed by atoms with Gasteiger partial charge in [-0.15, -0.1) is 0 Å². The predicted octanol–water partition coefficient (Wildman–Crippen LogP) is 3.53. The normalized spacial score (nSPS) is 11.8. The maximum atomic E-state index is 12.7. The van der Waals surface area contributed by atoms with Crippen molar-refractivity contribution in [3.05, 3.63) is 69.6 Å². The minimum Gasteiger partial charge on any atom is -0.439 e. The van der Waals surface area contributed by atoms with E-state index in [0.717, 1.165) is 0 Å². The van der Waals surface area contributed by atoms with Crippen LogP contribution >= 0.6 is 0 Å². The number of hydrogen-bond acceptors (Lipinski definition) is 6. The Hall–Kier alpha value is -3.53. The number of nitro benzene ring substituents is 1. The second kappa shape index (κ2) is 5.93. The number of nitro groups is 1. The molecule has 118 valence electrons. The Morgan fingerprint density at radius 3 is 2.71 bits per heavy atom. The number of nitriles is 1. The Kier molecular flexibility index (Phi) is 3.80. The highest BCUT2D eigenvalue weighted by atomic mass is 16.6. The van der Waals surface area contributed by atoms with Crippen LogP contribution in [0.4, 0.5) is 5.69 Å². The molecule has 24 heavy (non-hydrogen) atoms. The molecular weight excluding hydrogens is 310 g/mol. The summed E-state index contributed by atoms with van der Waals surface area (Å²) in [6.07, 6.45) is 0. The molecule has 0 aliphatic carbocycles. The van der Waals surface area contributed by atoms with Crippen LogP contribution in [-0.2, 0) is 0 Å². The van der Waals surface area contributed by atoms with E-state index in [1.54, 1.807) is 31.2 Å². The van der Waals surface area contributed by atoms with Gasteiger partial charge in [0.15, 0.2) is 17.3 Å². The molecule has 7 heteroatoms. The van der Waals surface area contributed by atoms with Gasteiger partial charge in [-0.05, 0) is 30.7 Å². The van der Waals surface area contributed by atoms with Crippen LogP contribution in [0.2, 0.25) is 0 Å². The molecule has 1 atom stereocenters. The van der Waals surface area contributed by atoms with Crippen molar-refractivity contribution in [3.63, 3.8) is 0 Å². The van der Waals surface area contributed by atoms with Crippen molar-refractivity contribution in [2.45, 2.75) is 12.8 Å². The fourth-order valence-electron chi connectivity index (χ4n) is 2.43. The molecule has 7 nitrogen and oxygen atoms in total. The number of para-hydroxylation sites is 2.